The summed E-state index contributed by atoms with van der Waals surface area (Å²) in [6, 6.07) is 0. The lowest BCUT2D eigenvalue weighted by molar-refractivity contribution is -0.193. The van der Waals surface area contributed by atoms with Gasteiger partial charge in [-0.1, -0.05) is 42.9 Å². The van der Waals surface area contributed by atoms with Gasteiger partial charge in [-0.2, -0.15) is 0 Å². The van der Waals surface area contributed by atoms with Crippen LogP contribution in [0.4, 0.5) is 0 Å². The van der Waals surface area contributed by atoms with Crippen LogP contribution in [0.15, 0.2) is 36.0 Å². The van der Waals surface area contributed by atoms with E-state index in [-0.39, 0.29) is 48.4 Å². The Morgan fingerprint density at radius 3 is 2.44 bits per heavy atom. The predicted octanol–water partition coefficient (Wildman–Crippen LogP) is 7.80. The van der Waals surface area contributed by atoms with E-state index in [4.69, 9.17) is 35.7 Å². The van der Waals surface area contributed by atoms with Crippen LogP contribution < -0.4 is 0 Å². The molecular formula is C32H51ClO6. The van der Waals surface area contributed by atoms with Crippen LogP contribution in [0.5, 0.6) is 0 Å². The van der Waals surface area contributed by atoms with Crippen molar-refractivity contribution in [2.75, 3.05) is 13.2 Å². The maximum absolute atomic E-state index is 10.8. The SMILES string of the molecule is CC(C)=CCC(C)[C@@H](C=C[C@@H]1[C@@H](CC=CCCCC(=O)O)[C@H](Cl)C[C@H]1OC1CCCCO1)OC1CCCCO1. The average molecular weight is 567 g/mol. The highest BCUT2D eigenvalue weighted by atomic mass is 35.5. The Kier molecular flexibility index (Phi) is 14.6. The van der Waals surface area contributed by atoms with Crippen LogP contribution in [-0.2, 0) is 23.7 Å². The smallest absolute Gasteiger partial charge is 0.303 e. The maximum atomic E-state index is 10.8. The quantitative estimate of drug-likeness (QED) is 0.124. The van der Waals surface area contributed by atoms with Gasteiger partial charge < -0.3 is 24.1 Å². The van der Waals surface area contributed by atoms with Crippen molar-refractivity contribution in [2.24, 2.45) is 17.8 Å². The monoisotopic (exact) mass is 566 g/mol. The van der Waals surface area contributed by atoms with E-state index < -0.39 is 5.97 Å². The van der Waals surface area contributed by atoms with Crippen molar-refractivity contribution >= 4 is 17.6 Å². The normalized spacial score (nSPS) is 31.5. The number of allylic oxidation sites excluding steroid dienone is 4. The number of hydrogen-bond acceptors (Lipinski definition) is 5. The van der Waals surface area contributed by atoms with Gasteiger partial charge in [-0.3, -0.25) is 4.79 Å². The largest absolute Gasteiger partial charge is 0.481 e. The van der Waals surface area contributed by atoms with Crippen molar-refractivity contribution in [3.63, 3.8) is 0 Å². The second kappa shape index (κ2) is 17.6. The van der Waals surface area contributed by atoms with Crippen LogP contribution in [-0.4, -0.2) is 54.5 Å². The molecule has 1 saturated carbocycles. The van der Waals surface area contributed by atoms with E-state index in [1.54, 1.807) is 0 Å². The number of hydrogen-bond donors (Lipinski definition) is 1. The standard InChI is InChI=1S/C32H51ClO6/c1-23(2)16-17-24(3)28(38-31-14-8-10-20-36-31)19-18-26-25(12-6-4-5-7-13-30(34)35)27(33)22-29(26)39-32-15-9-11-21-37-32/h4,6,16,18-19,24-29,31-32H,5,7-15,17,20-22H2,1-3H3,(H,34,35)/t24?,25-,26-,27-,28-,29-,31?,32?/m1/s1. The number of unbranched alkanes of at least 4 members (excludes halogenated alkanes) is 1. The molecule has 1 N–H and O–H groups in total. The predicted molar refractivity (Wildman–Crippen MR) is 156 cm³/mol. The number of halogens is 1. The molecule has 8 atom stereocenters. The first-order chi connectivity index (χ1) is 18.8. The first-order valence-electron chi connectivity index (χ1n) is 15.2. The second-order valence-corrected chi connectivity index (χ2v) is 12.3. The van der Waals surface area contributed by atoms with Gasteiger partial charge in [0.1, 0.15) is 0 Å². The summed E-state index contributed by atoms with van der Waals surface area (Å²) < 4.78 is 24.9. The molecule has 39 heavy (non-hydrogen) atoms. The summed E-state index contributed by atoms with van der Waals surface area (Å²) in [5, 5.41) is 8.89. The van der Waals surface area contributed by atoms with Gasteiger partial charge in [-0.15, -0.1) is 11.6 Å². The summed E-state index contributed by atoms with van der Waals surface area (Å²) in [5.74, 6) is -0.0597. The molecule has 2 aliphatic heterocycles. The van der Waals surface area contributed by atoms with Gasteiger partial charge >= 0.3 is 5.97 Å². The number of aliphatic carboxylic acids is 1. The van der Waals surface area contributed by atoms with E-state index in [1.807, 2.05) is 0 Å². The summed E-state index contributed by atoms with van der Waals surface area (Å²) >= 11 is 6.96. The van der Waals surface area contributed by atoms with Gasteiger partial charge in [0.2, 0.25) is 0 Å². The highest BCUT2D eigenvalue weighted by molar-refractivity contribution is 6.21. The summed E-state index contributed by atoms with van der Waals surface area (Å²) in [5.41, 5.74) is 1.32. The van der Waals surface area contributed by atoms with E-state index in [0.29, 0.717) is 12.3 Å². The van der Waals surface area contributed by atoms with Gasteiger partial charge in [-0.25, -0.2) is 0 Å². The zero-order valence-corrected chi connectivity index (χ0v) is 25.0. The van der Waals surface area contributed by atoms with Crippen LogP contribution >= 0.6 is 11.6 Å². The lowest BCUT2D eigenvalue weighted by atomic mass is 9.89. The molecule has 0 amide bonds. The molecular weight excluding hydrogens is 516 g/mol. The minimum atomic E-state index is -0.746. The van der Waals surface area contributed by atoms with Crippen molar-refractivity contribution in [3.8, 4) is 0 Å². The first kappa shape index (κ1) is 32.3. The fraction of sp³-hybridized carbons (Fsp3) is 0.781. The minimum Gasteiger partial charge on any atom is -0.481 e. The molecule has 3 aliphatic rings. The van der Waals surface area contributed by atoms with Crippen molar-refractivity contribution < 1.29 is 28.8 Å². The molecule has 6 nitrogen and oxygen atoms in total. The van der Waals surface area contributed by atoms with Crippen LogP contribution in [0.3, 0.4) is 0 Å². The van der Waals surface area contributed by atoms with E-state index >= 15 is 0 Å². The fourth-order valence-corrected chi connectivity index (χ4v) is 6.15. The van der Waals surface area contributed by atoms with Gasteiger partial charge in [-0.05, 0) is 96.3 Å². The molecule has 0 spiro atoms. The Hall–Kier alpha value is -1.18. The Morgan fingerprint density at radius 2 is 1.79 bits per heavy atom. The van der Waals surface area contributed by atoms with Crippen molar-refractivity contribution in [1.29, 1.82) is 0 Å². The highest BCUT2D eigenvalue weighted by Gasteiger charge is 2.42. The lowest BCUT2D eigenvalue weighted by Gasteiger charge is -2.31. The number of carboxylic acids is 1. The van der Waals surface area contributed by atoms with E-state index in [0.717, 1.165) is 77.4 Å². The molecule has 222 valence electrons. The molecule has 3 unspecified atom stereocenters. The molecule has 3 fully saturated rings. The zero-order valence-electron chi connectivity index (χ0n) is 24.3. The topological polar surface area (TPSA) is 74.2 Å². The van der Waals surface area contributed by atoms with Crippen molar-refractivity contribution in [1.82, 2.24) is 0 Å². The molecule has 1 aliphatic carbocycles. The van der Waals surface area contributed by atoms with E-state index in [1.165, 1.54) is 5.57 Å². The van der Waals surface area contributed by atoms with Crippen molar-refractivity contribution in [3.05, 3.63) is 36.0 Å². The molecule has 2 heterocycles. The number of ether oxygens (including phenoxy) is 4. The molecule has 0 aromatic heterocycles. The summed E-state index contributed by atoms with van der Waals surface area (Å²) in [7, 11) is 0. The molecule has 3 rings (SSSR count). The fourth-order valence-electron chi connectivity index (χ4n) is 5.70. The molecule has 7 heteroatoms. The molecule has 0 bridgehead atoms. The maximum Gasteiger partial charge on any atom is 0.303 e. The van der Waals surface area contributed by atoms with Crippen molar-refractivity contribution in [2.45, 2.75) is 128 Å². The number of alkyl halides is 1. The number of carbonyl (C=O) groups is 1. The van der Waals surface area contributed by atoms with Crippen LogP contribution in [0.1, 0.15) is 97.8 Å². The van der Waals surface area contributed by atoms with E-state index in [9.17, 15) is 4.79 Å². The molecule has 2 saturated heterocycles. The van der Waals surface area contributed by atoms with Gasteiger partial charge in [0, 0.05) is 30.9 Å². The molecule has 0 radical (unpaired) electrons. The third kappa shape index (κ3) is 11.7. The Bertz CT molecular complexity index is 794. The Balaban J connectivity index is 1.73. The van der Waals surface area contributed by atoms with Crippen LogP contribution in [0.2, 0.25) is 0 Å². The average Bonchev–Trinajstić information content (AvgIpc) is 3.21. The second-order valence-electron chi connectivity index (χ2n) is 11.7. The lowest BCUT2D eigenvalue weighted by Crippen LogP contribution is -2.32. The van der Waals surface area contributed by atoms with Gasteiger partial charge in [0.15, 0.2) is 12.6 Å². The number of carboxylic acid groups (broad SMARTS) is 1. The summed E-state index contributed by atoms with van der Waals surface area (Å²) in [6.07, 6.45) is 21.2. The summed E-state index contributed by atoms with van der Waals surface area (Å²) in [6.45, 7) is 8.03. The van der Waals surface area contributed by atoms with E-state index in [2.05, 4.69) is 51.2 Å². The molecule has 0 aromatic carbocycles. The zero-order chi connectivity index (χ0) is 28.0. The highest BCUT2D eigenvalue weighted by Crippen LogP contribution is 2.42. The van der Waals surface area contributed by atoms with Gasteiger partial charge in [0.05, 0.1) is 12.2 Å². The first-order valence-corrected chi connectivity index (χ1v) is 15.6. The third-order valence-electron chi connectivity index (χ3n) is 8.08. The minimum absolute atomic E-state index is 0.000976. The van der Waals surface area contributed by atoms with Gasteiger partial charge in [0.25, 0.3) is 0 Å². The summed E-state index contributed by atoms with van der Waals surface area (Å²) in [4.78, 5) is 10.8. The van der Waals surface area contributed by atoms with Crippen LogP contribution in [0.25, 0.3) is 0 Å². The Labute approximate surface area is 241 Å². The Morgan fingerprint density at radius 1 is 1.08 bits per heavy atom. The number of rotatable bonds is 15. The third-order valence-corrected chi connectivity index (χ3v) is 8.58. The van der Waals surface area contributed by atoms with Crippen LogP contribution in [0, 0.1) is 17.8 Å². The molecule has 0 aromatic rings.